The second-order valence-corrected chi connectivity index (χ2v) is 7.03. The van der Waals surface area contributed by atoms with Gasteiger partial charge in [0.1, 0.15) is 11.5 Å². The van der Waals surface area contributed by atoms with Crippen molar-refractivity contribution in [3.8, 4) is 5.75 Å². The Labute approximate surface area is 163 Å². The summed E-state index contributed by atoms with van der Waals surface area (Å²) in [4.78, 5) is 2.04. The predicted octanol–water partition coefficient (Wildman–Crippen LogP) is 5.72. The number of unbranched alkanes of at least 4 members (excludes halogenated alkanes) is 5. The van der Waals surface area contributed by atoms with E-state index in [2.05, 4.69) is 12.1 Å². The normalized spacial score (nSPS) is 11.4. The second-order valence-electron chi connectivity index (χ2n) is 7.03. The van der Waals surface area contributed by atoms with Crippen molar-refractivity contribution >= 4 is 11.4 Å². The standard InChI is InChI=1S/C23H32N2O2/c1-4-5-6-7-8-9-18-27-22-16-12-20(13-17-22)23(24-26)19-10-14-21(15-11-19)25(2)3/h10-17,26H,4-9,18H2,1-3H3/b24-23+. The van der Waals surface area contributed by atoms with Gasteiger partial charge < -0.3 is 14.8 Å². The molecule has 146 valence electrons. The Morgan fingerprint density at radius 1 is 0.852 bits per heavy atom. The zero-order chi connectivity index (χ0) is 19.5. The molecule has 0 fully saturated rings. The smallest absolute Gasteiger partial charge is 0.119 e. The number of hydrogen-bond acceptors (Lipinski definition) is 4. The van der Waals surface area contributed by atoms with Gasteiger partial charge in [0, 0.05) is 30.9 Å². The van der Waals surface area contributed by atoms with Crippen molar-refractivity contribution in [3.63, 3.8) is 0 Å². The Bertz CT molecular complexity index is 691. The molecule has 0 atom stereocenters. The minimum absolute atomic E-state index is 0.558. The lowest BCUT2D eigenvalue weighted by Crippen LogP contribution is -2.09. The van der Waals surface area contributed by atoms with E-state index in [4.69, 9.17) is 4.74 Å². The first-order valence-electron chi connectivity index (χ1n) is 9.88. The highest BCUT2D eigenvalue weighted by molar-refractivity contribution is 6.12. The van der Waals surface area contributed by atoms with Crippen LogP contribution in [0.5, 0.6) is 5.75 Å². The molecule has 2 rings (SSSR count). The molecular weight excluding hydrogens is 336 g/mol. The number of ether oxygens (including phenoxy) is 1. The van der Waals surface area contributed by atoms with E-state index in [0.29, 0.717) is 5.71 Å². The lowest BCUT2D eigenvalue weighted by Gasteiger charge is -2.13. The van der Waals surface area contributed by atoms with Gasteiger partial charge in [0.2, 0.25) is 0 Å². The fourth-order valence-corrected chi connectivity index (χ4v) is 2.98. The van der Waals surface area contributed by atoms with Crippen LogP contribution < -0.4 is 9.64 Å². The van der Waals surface area contributed by atoms with Crippen LogP contribution in [0.4, 0.5) is 5.69 Å². The van der Waals surface area contributed by atoms with E-state index in [-0.39, 0.29) is 0 Å². The summed E-state index contributed by atoms with van der Waals surface area (Å²) in [6.07, 6.45) is 7.54. The van der Waals surface area contributed by atoms with Crippen LogP contribution >= 0.6 is 0 Å². The van der Waals surface area contributed by atoms with Crippen molar-refractivity contribution in [2.24, 2.45) is 5.16 Å². The SMILES string of the molecule is CCCCCCCCOc1ccc(/C(=N/O)c2ccc(N(C)C)cc2)cc1. The minimum Gasteiger partial charge on any atom is -0.494 e. The highest BCUT2D eigenvalue weighted by Crippen LogP contribution is 2.19. The van der Waals surface area contributed by atoms with Crippen LogP contribution in [0.2, 0.25) is 0 Å². The Morgan fingerprint density at radius 3 is 1.96 bits per heavy atom. The molecule has 4 nitrogen and oxygen atoms in total. The zero-order valence-electron chi connectivity index (χ0n) is 16.8. The van der Waals surface area contributed by atoms with Gasteiger partial charge in [-0.2, -0.15) is 0 Å². The van der Waals surface area contributed by atoms with Gasteiger partial charge in [0.15, 0.2) is 0 Å². The molecule has 0 unspecified atom stereocenters. The van der Waals surface area contributed by atoms with Gasteiger partial charge in [-0.3, -0.25) is 0 Å². The lowest BCUT2D eigenvalue weighted by molar-refractivity contribution is 0.304. The maximum absolute atomic E-state index is 9.49. The van der Waals surface area contributed by atoms with Gasteiger partial charge in [-0.15, -0.1) is 0 Å². The Morgan fingerprint density at radius 2 is 1.41 bits per heavy atom. The summed E-state index contributed by atoms with van der Waals surface area (Å²) >= 11 is 0. The van der Waals surface area contributed by atoms with Gasteiger partial charge in [-0.05, 0) is 42.8 Å². The van der Waals surface area contributed by atoms with Gasteiger partial charge >= 0.3 is 0 Å². The summed E-state index contributed by atoms with van der Waals surface area (Å²) < 4.78 is 5.82. The molecule has 2 aromatic rings. The Balaban J connectivity index is 1.89. The Hall–Kier alpha value is -2.49. The summed E-state index contributed by atoms with van der Waals surface area (Å²) in [5.41, 5.74) is 3.41. The molecule has 0 saturated heterocycles. The van der Waals surface area contributed by atoms with Crippen molar-refractivity contribution in [2.75, 3.05) is 25.6 Å². The van der Waals surface area contributed by atoms with Gasteiger partial charge in [0.05, 0.1) is 6.61 Å². The summed E-state index contributed by atoms with van der Waals surface area (Å²) in [6, 6.07) is 15.7. The van der Waals surface area contributed by atoms with E-state index < -0.39 is 0 Å². The first kappa shape index (κ1) is 20.8. The maximum atomic E-state index is 9.49. The van der Waals surface area contributed by atoms with Crippen molar-refractivity contribution < 1.29 is 9.94 Å². The van der Waals surface area contributed by atoms with Crippen LogP contribution in [0, 0.1) is 0 Å². The van der Waals surface area contributed by atoms with E-state index in [0.717, 1.165) is 35.6 Å². The summed E-state index contributed by atoms with van der Waals surface area (Å²) in [5.74, 6) is 0.854. The summed E-state index contributed by atoms with van der Waals surface area (Å²) in [5, 5.41) is 13.0. The predicted molar refractivity (Wildman–Crippen MR) is 114 cm³/mol. The molecule has 0 amide bonds. The fraction of sp³-hybridized carbons (Fsp3) is 0.435. The second kappa shape index (κ2) is 11.3. The number of rotatable bonds is 11. The molecule has 0 aliphatic rings. The van der Waals surface area contributed by atoms with E-state index in [1.165, 1.54) is 32.1 Å². The molecule has 0 saturated carbocycles. The first-order valence-corrected chi connectivity index (χ1v) is 9.88. The molecule has 0 aromatic heterocycles. The number of hydrogen-bond donors (Lipinski definition) is 1. The number of anilines is 1. The van der Waals surface area contributed by atoms with E-state index in [1.807, 2.05) is 67.5 Å². The molecule has 0 bridgehead atoms. The molecule has 0 aliphatic heterocycles. The van der Waals surface area contributed by atoms with Crippen molar-refractivity contribution in [2.45, 2.75) is 45.4 Å². The largest absolute Gasteiger partial charge is 0.494 e. The molecule has 1 N–H and O–H groups in total. The molecule has 4 heteroatoms. The van der Waals surface area contributed by atoms with Crippen molar-refractivity contribution in [1.82, 2.24) is 0 Å². The van der Waals surface area contributed by atoms with Crippen LogP contribution in [-0.2, 0) is 0 Å². The molecule has 0 spiro atoms. The van der Waals surface area contributed by atoms with Gasteiger partial charge in [0.25, 0.3) is 0 Å². The van der Waals surface area contributed by atoms with Crippen molar-refractivity contribution in [3.05, 3.63) is 59.7 Å². The highest BCUT2D eigenvalue weighted by atomic mass is 16.5. The lowest BCUT2D eigenvalue weighted by atomic mass is 10.0. The molecule has 0 heterocycles. The number of benzene rings is 2. The quantitative estimate of drug-likeness (QED) is 0.239. The molecule has 27 heavy (non-hydrogen) atoms. The van der Waals surface area contributed by atoms with E-state index in [9.17, 15) is 5.21 Å². The third-order valence-corrected chi connectivity index (χ3v) is 4.65. The molecule has 2 aromatic carbocycles. The number of nitrogens with zero attached hydrogens (tertiary/aromatic N) is 2. The molecule has 0 radical (unpaired) electrons. The molecule has 0 aliphatic carbocycles. The van der Waals surface area contributed by atoms with Crippen molar-refractivity contribution in [1.29, 1.82) is 0 Å². The first-order chi connectivity index (χ1) is 13.2. The van der Waals surface area contributed by atoms with E-state index in [1.54, 1.807) is 0 Å². The average molecular weight is 369 g/mol. The average Bonchev–Trinajstić information content (AvgIpc) is 2.69. The maximum Gasteiger partial charge on any atom is 0.119 e. The van der Waals surface area contributed by atoms with E-state index >= 15 is 0 Å². The van der Waals surface area contributed by atoms with Crippen LogP contribution in [0.3, 0.4) is 0 Å². The Kier molecular flexibility index (Phi) is 8.69. The number of oxime groups is 1. The van der Waals surface area contributed by atoms with Gasteiger partial charge in [-0.1, -0.05) is 56.3 Å². The molecular formula is C23H32N2O2. The topological polar surface area (TPSA) is 45.1 Å². The minimum atomic E-state index is 0.558. The summed E-state index contributed by atoms with van der Waals surface area (Å²) in [7, 11) is 4.00. The van der Waals surface area contributed by atoms with Crippen LogP contribution in [0.25, 0.3) is 0 Å². The van der Waals surface area contributed by atoms with Crippen LogP contribution in [0.15, 0.2) is 53.7 Å². The summed E-state index contributed by atoms with van der Waals surface area (Å²) in [6.45, 7) is 2.98. The monoisotopic (exact) mass is 368 g/mol. The third kappa shape index (κ3) is 6.63. The van der Waals surface area contributed by atoms with Crippen LogP contribution in [0.1, 0.15) is 56.6 Å². The fourth-order valence-electron chi connectivity index (χ4n) is 2.98. The van der Waals surface area contributed by atoms with Crippen LogP contribution in [-0.4, -0.2) is 31.6 Å². The zero-order valence-corrected chi connectivity index (χ0v) is 16.8. The highest BCUT2D eigenvalue weighted by Gasteiger charge is 2.09. The van der Waals surface area contributed by atoms with Gasteiger partial charge in [-0.25, -0.2) is 0 Å². The third-order valence-electron chi connectivity index (χ3n) is 4.65.